The Morgan fingerprint density at radius 1 is 1.56 bits per heavy atom. The van der Waals surface area contributed by atoms with Crippen LogP contribution in [0.25, 0.3) is 0 Å². The number of hydrogen-bond donors (Lipinski definition) is 2. The van der Waals surface area contributed by atoms with Crippen molar-refractivity contribution in [1.82, 2.24) is 4.90 Å². The third-order valence-electron chi connectivity index (χ3n) is 2.66. The Hall–Kier alpha value is -1.69. The van der Waals surface area contributed by atoms with E-state index < -0.39 is 11.8 Å². The molecule has 1 aromatic carbocycles. The first kappa shape index (κ1) is 14.4. The molecule has 0 aliphatic rings. The summed E-state index contributed by atoms with van der Waals surface area (Å²) in [6, 6.07) is 2.57. The van der Waals surface area contributed by atoms with Crippen LogP contribution in [0.4, 0.5) is 20.6 Å². The summed E-state index contributed by atoms with van der Waals surface area (Å²) in [6.07, 6.45) is 0. The van der Waals surface area contributed by atoms with Crippen LogP contribution in [0.1, 0.15) is 19.4 Å². The number of carbonyl (C=O) groups excluding carboxylic acids is 1. The number of nitrogen functional groups attached to an aromatic ring is 1. The zero-order chi connectivity index (χ0) is 13.9. The molecule has 0 unspecified atom stereocenters. The van der Waals surface area contributed by atoms with Gasteiger partial charge in [0.05, 0.1) is 11.4 Å². The molecule has 2 amide bonds. The summed E-state index contributed by atoms with van der Waals surface area (Å²) in [4.78, 5) is 13.3. The molecule has 0 aliphatic heterocycles. The first-order valence-corrected chi connectivity index (χ1v) is 5.92. The Labute approximate surface area is 111 Å². The largest absolute Gasteiger partial charge is 0.396 e. The van der Waals surface area contributed by atoms with E-state index >= 15 is 0 Å². The van der Waals surface area contributed by atoms with E-state index in [9.17, 15) is 9.18 Å². The lowest BCUT2D eigenvalue weighted by molar-refractivity contribution is 0.211. The number of halogens is 1. The Kier molecular flexibility index (Phi) is 4.61. The fraction of sp³-hybridized carbons (Fsp3) is 0.333. The van der Waals surface area contributed by atoms with E-state index in [0.717, 1.165) is 0 Å². The molecule has 6 heteroatoms. The second-order valence-electron chi connectivity index (χ2n) is 4.19. The molecule has 0 aromatic heterocycles. The number of amides is 2. The van der Waals surface area contributed by atoms with Gasteiger partial charge in [0.15, 0.2) is 5.82 Å². The number of anilines is 2. The Balaban J connectivity index is 3.07. The van der Waals surface area contributed by atoms with Crippen LogP contribution >= 0.6 is 12.2 Å². The van der Waals surface area contributed by atoms with Gasteiger partial charge in [0.2, 0.25) is 0 Å². The topological polar surface area (TPSA) is 58.4 Å². The van der Waals surface area contributed by atoms with Crippen LogP contribution in [0.3, 0.4) is 0 Å². The molecule has 0 fully saturated rings. The van der Waals surface area contributed by atoms with Gasteiger partial charge < -0.3 is 16.0 Å². The quantitative estimate of drug-likeness (QED) is 0.655. The van der Waals surface area contributed by atoms with Crippen molar-refractivity contribution in [2.24, 2.45) is 0 Å². The molecule has 0 bridgehead atoms. The van der Waals surface area contributed by atoms with E-state index in [0.29, 0.717) is 5.56 Å². The minimum absolute atomic E-state index is 0.00468. The summed E-state index contributed by atoms with van der Waals surface area (Å²) in [5, 5.41) is 3.78. The van der Waals surface area contributed by atoms with E-state index in [1.54, 1.807) is 13.1 Å². The zero-order valence-corrected chi connectivity index (χ0v) is 11.3. The molecule has 4 nitrogen and oxygen atoms in total. The summed E-state index contributed by atoms with van der Waals surface area (Å²) in [5.74, 6) is -0.667. The van der Waals surface area contributed by atoms with Gasteiger partial charge in [0.25, 0.3) is 0 Å². The fourth-order valence-electron chi connectivity index (χ4n) is 1.26. The number of carbonyl (C=O) groups is 1. The average Bonchev–Trinajstić information content (AvgIpc) is 2.34. The van der Waals surface area contributed by atoms with Crippen molar-refractivity contribution in [3.63, 3.8) is 0 Å². The lowest BCUT2D eigenvalue weighted by atomic mass is 10.1. The molecule has 1 rings (SSSR count). The molecule has 0 spiro atoms. The number of nitrogens with one attached hydrogen (secondary N) is 1. The molecule has 0 aliphatic carbocycles. The second-order valence-corrected chi connectivity index (χ2v) is 4.42. The normalized spacial score (nSPS) is 10.3. The lowest BCUT2D eigenvalue weighted by Crippen LogP contribution is -2.37. The summed E-state index contributed by atoms with van der Waals surface area (Å²) >= 11 is 4.78. The maximum Gasteiger partial charge on any atom is 0.321 e. The van der Waals surface area contributed by atoms with Crippen LogP contribution < -0.4 is 11.1 Å². The van der Waals surface area contributed by atoms with Crippen molar-refractivity contribution < 1.29 is 9.18 Å². The van der Waals surface area contributed by atoms with Gasteiger partial charge in [0.1, 0.15) is 0 Å². The van der Waals surface area contributed by atoms with Gasteiger partial charge in [0, 0.05) is 24.0 Å². The van der Waals surface area contributed by atoms with Crippen molar-refractivity contribution in [3.8, 4) is 0 Å². The lowest BCUT2D eigenvalue weighted by Gasteiger charge is -2.22. The zero-order valence-electron chi connectivity index (χ0n) is 10.5. The second kappa shape index (κ2) is 5.77. The number of thiocarbonyl (C=S) groups is 1. The summed E-state index contributed by atoms with van der Waals surface area (Å²) in [7, 11) is 1.63. The fourth-order valence-corrected chi connectivity index (χ4v) is 1.46. The van der Waals surface area contributed by atoms with Gasteiger partial charge in [-0.2, -0.15) is 0 Å². The number of hydrogen-bond acceptors (Lipinski definition) is 3. The minimum atomic E-state index is -0.667. The Bertz CT molecular complexity index is 477. The SMILES string of the molecule is CC(C)N(C)C(=O)Nc1c(C=S)ccc(N)c1F. The highest BCUT2D eigenvalue weighted by Crippen LogP contribution is 2.24. The molecule has 0 radical (unpaired) electrons. The van der Waals surface area contributed by atoms with Crippen LogP contribution in [0.2, 0.25) is 0 Å². The van der Waals surface area contributed by atoms with Gasteiger partial charge in [-0.15, -0.1) is 0 Å². The number of urea groups is 1. The summed E-state index contributed by atoms with van der Waals surface area (Å²) in [5.41, 5.74) is 5.87. The predicted molar refractivity (Wildman–Crippen MR) is 75.5 cm³/mol. The molecular weight excluding hydrogens is 253 g/mol. The van der Waals surface area contributed by atoms with Gasteiger partial charge in [-0.1, -0.05) is 12.2 Å². The molecule has 0 atom stereocenters. The van der Waals surface area contributed by atoms with Gasteiger partial charge >= 0.3 is 6.03 Å². The predicted octanol–water partition coefficient (Wildman–Crippen LogP) is 2.63. The maximum absolute atomic E-state index is 13.8. The molecule has 0 saturated carbocycles. The highest BCUT2D eigenvalue weighted by atomic mass is 32.1. The van der Waals surface area contributed by atoms with Crippen LogP contribution in [-0.2, 0) is 0 Å². The van der Waals surface area contributed by atoms with Crippen molar-refractivity contribution >= 4 is 35.0 Å². The van der Waals surface area contributed by atoms with Crippen LogP contribution in [0.15, 0.2) is 12.1 Å². The van der Waals surface area contributed by atoms with Crippen molar-refractivity contribution in [2.45, 2.75) is 19.9 Å². The van der Waals surface area contributed by atoms with Gasteiger partial charge in [-0.05, 0) is 26.0 Å². The first-order valence-electron chi connectivity index (χ1n) is 5.45. The van der Waals surface area contributed by atoms with E-state index in [-0.39, 0.29) is 17.4 Å². The van der Waals surface area contributed by atoms with Crippen LogP contribution in [0.5, 0.6) is 0 Å². The molecule has 18 heavy (non-hydrogen) atoms. The van der Waals surface area contributed by atoms with Gasteiger partial charge in [-0.25, -0.2) is 9.18 Å². The maximum atomic E-state index is 13.8. The van der Waals surface area contributed by atoms with Gasteiger partial charge in [-0.3, -0.25) is 0 Å². The standard InChI is InChI=1S/C12H16FN3OS/c1-7(2)16(3)12(17)15-11-8(6-18)4-5-9(14)10(11)13/h4-7H,14H2,1-3H3,(H,15,17). The third kappa shape index (κ3) is 2.95. The smallest absolute Gasteiger partial charge is 0.321 e. The Morgan fingerprint density at radius 2 is 2.17 bits per heavy atom. The molecule has 0 heterocycles. The van der Waals surface area contributed by atoms with Crippen molar-refractivity contribution in [3.05, 3.63) is 23.5 Å². The molecule has 0 saturated heterocycles. The first-order chi connectivity index (χ1) is 8.38. The van der Waals surface area contributed by atoms with E-state index in [2.05, 4.69) is 5.32 Å². The summed E-state index contributed by atoms with van der Waals surface area (Å²) in [6.45, 7) is 3.71. The number of benzene rings is 1. The van der Waals surface area contributed by atoms with E-state index in [1.165, 1.54) is 16.3 Å². The average molecular weight is 269 g/mol. The monoisotopic (exact) mass is 269 g/mol. The van der Waals surface area contributed by atoms with Crippen molar-refractivity contribution in [2.75, 3.05) is 18.1 Å². The number of nitrogens with zero attached hydrogens (tertiary/aromatic N) is 1. The van der Waals surface area contributed by atoms with E-state index in [4.69, 9.17) is 18.0 Å². The number of rotatable bonds is 3. The third-order valence-corrected chi connectivity index (χ3v) is 2.91. The number of nitrogens with two attached hydrogens (primary N) is 1. The minimum Gasteiger partial charge on any atom is -0.396 e. The Morgan fingerprint density at radius 3 is 2.67 bits per heavy atom. The highest BCUT2D eigenvalue weighted by Gasteiger charge is 2.17. The van der Waals surface area contributed by atoms with Crippen LogP contribution in [-0.4, -0.2) is 29.4 Å². The van der Waals surface area contributed by atoms with Crippen molar-refractivity contribution in [1.29, 1.82) is 0 Å². The van der Waals surface area contributed by atoms with E-state index in [1.807, 2.05) is 13.8 Å². The summed E-state index contributed by atoms with van der Waals surface area (Å²) < 4.78 is 13.8. The van der Waals surface area contributed by atoms with Crippen LogP contribution in [0, 0.1) is 5.82 Å². The molecule has 1 aromatic rings. The molecule has 3 N–H and O–H groups in total. The highest BCUT2D eigenvalue weighted by molar-refractivity contribution is 7.79. The molecular formula is C12H16FN3OS. The molecule has 98 valence electrons.